The minimum absolute atomic E-state index is 0.285. The number of rotatable bonds is 4. The van der Waals surface area contributed by atoms with Crippen molar-refractivity contribution in [2.24, 2.45) is 0 Å². The number of thiophene rings is 1. The van der Waals surface area contributed by atoms with Gasteiger partial charge in [-0.05, 0) is 23.1 Å². The SMILES string of the molecule is O=S(=O)(Nc1cncc(-c2ccccc2)c1)c1cccs1. The molecule has 0 radical (unpaired) electrons. The zero-order chi connectivity index (χ0) is 14.7. The smallest absolute Gasteiger partial charge is 0.271 e. The topological polar surface area (TPSA) is 59.1 Å². The summed E-state index contributed by atoms with van der Waals surface area (Å²) >= 11 is 1.18. The van der Waals surface area contributed by atoms with Crippen LogP contribution < -0.4 is 4.72 Å². The molecule has 1 aromatic carbocycles. The van der Waals surface area contributed by atoms with Gasteiger partial charge in [-0.2, -0.15) is 0 Å². The molecule has 0 saturated heterocycles. The van der Waals surface area contributed by atoms with Crippen LogP contribution in [0.25, 0.3) is 11.1 Å². The molecule has 3 aromatic rings. The molecule has 2 heterocycles. The highest BCUT2D eigenvalue weighted by molar-refractivity contribution is 7.94. The quantitative estimate of drug-likeness (QED) is 0.800. The normalized spacial score (nSPS) is 11.2. The summed E-state index contributed by atoms with van der Waals surface area (Å²) in [6.07, 6.45) is 3.20. The maximum atomic E-state index is 12.2. The molecule has 3 rings (SSSR count). The molecule has 0 amide bonds. The summed E-state index contributed by atoms with van der Waals surface area (Å²) in [5.74, 6) is 0. The number of hydrogen-bond donors (Lipinski definition) is 1. The molecular formula is C15H12N2O2S2. The molecule has 0 fully saturated rings. The van der Waals surface area contributed by atoms with Crippen LogP contribution in [0.2, 0.25) is 0 Å². The van der Waals surface area contributed by atoms with E-state index in [9.17, 15) is 8.42 Å². The van der Waals surface area contributed by atoms with E-state index in [1.807, 2.05) is 30.3 Å². The standard InChI is InChI=1S/C15H12N2O2S2/c18-21(19,15-7-4-8-20-15)17-14-9-13(10-16-11-14)12-5-2-1-3-6-12/h1-11,17H. The minimum atomic E-state index is -3.54. The van der Waals surface area contributed by atoms with Gasteiger partial charge in [0, 0.05) is 11.8 Å². The average Bonchev–Trinajstić information content (AvgIpc) is 3.03. The van der Waals surface area contributed by atoms with E-state index in [1.54, 1.807) is 29.8 Å². The summed E-state index contributed by atoms with van der Waals surface area (Å²) in [5, 5.41) is 1.73. The summed E-state index contributed by atoms with van der Waals surface area (Å²) in [4.78, 5) is 4.10. The van der Waals surface area contributed by atoms with Crippen molar-refractivity contribution in [1.82, 2.24) is 4.98 Å². The predicted octanol–water partition coefficient (Wildman–Crippen LogP) is 3.61. The van der Waals surface area contributed by atoms with Gasteiger partial charge in [0.1, 0.15) is 4.21 Å². The van der Waals surface area contributed by atoms with Crippen LogP contribution in [0.4, 0.5) is 5.69 Å². The maximum absolute atomic E-state index is 12.2. The predicted molar refractivity (Wildman–Crippen MR) is 84.8 cm³/mol. The van der Waals surface area contributed by atoms with Gasteiger partial charge in [0.15, 0.2) is 0 Å². The van der Waals surface area contributed by atoms with E-state index < -0.39 is 10.0 Å². The highest BCUT2D eigenvalue weighted by Crippen LogP contribution is 2.24. The summed E-state index contributed by atoms with van der Waals surface area (Å²) in [5.41, 5.74) is 2.30. The van der Waals surface area contributed by atoms with E-state index in [4.69, 9.17) is 0 Å². The number of anilines is 1. The molecule has 1 N–H and O–H groups in total. The summed E-state index contributed by atoms with van der Waals surface area (Å²) in [6, 6.07) is 14.7. The van der Waals surface area contributed by atoms with Crippen LogP contribution in [0.3, 0.4) is 0 Å². The second-order valence-corrected chi connectivity index (χ2v) is 7.22. The van der Waals surface area contributed by atoms with Gasteiger partial charge in [-0.3, -0.25) is 9.71 Å². The molecular weight excluding hydrogens is 304 g/mol. The third-order valence-electron chi connectivity index (χ3n) is 2.86. The average molecular weight is 316 g/mol. The first-order valence-electron chi connectivity index (χ1n) is 6.22. The Morgan fingerprint density at radius 2 is 1.76 bits per heavy atom. The fourth-order valence-electron chi connectivity index (χ4n) is 1.91. The van der Waals surface area contributed by atoms with Crippen LogP contribution in [-0.2, 0) is 10.0 Å². The lowest BCUT2D eigenvalue weighted by molar-refractivity contribution is 0.603. The van der Waals surface area contributed by atoms with Crippen molar-refractivity contribution in [3.8, 4) is 11.1 Å². The number of nitrogens with one attached hydrogen (secondary N) is 1. The highest BCUT2D eigenvalue weighted by atomic mass is 32.2. The van der Waals surface area contributed by atoms with E-state index in [0.29, 0.717) is 5.69 Å². The number of sulfonamides is 1. The van der Waals surface area contributed by atoms with Crippen LogP contribution in [-0.4, -0.2) is 13.4 Å². The van der Waals surface area contributed by atoms with Crippen LogP contribution >= 0.6 is 11.3 Å². The van der Waals surface area contributed by atoms with Gasteiger partial charge >= 0.3 is 0 Å². The summed E-state index contributed by atoms with van der Waals surface area (Å²) in [6.45, 7) is 0. The Bertz CT molecular complexity index is 829. The Hall–Kier alpha value is -2.18. The molecule has 21 heavy (non-hydrogen) atoms. The molecule has 0 saturated carbocycles. The van der Waals surface area contributed by atoms with Crippen molar-refractivity contribution in [3.05, 3.63) is 66.3 Å². The lowest BCUT2D eigenvalue weighted by Gasteiger charge is -2.07. The lowest BCUT2D eigenvalue weighted by atomic mass is 10.1. The van der Waals surface area contributed by atoms with Gasteiger partial charge in [0.25, 0.3) is 10.0 Å². The molecule has 2 aromatic heterocycles. The first kappa shape index (κ1) is 13.8. The molecule has 0 spiro atoms. The number of benzene rings is 1. The van der Waals surface area contributed by atoms with Crippen LogP contribution in [0.15, 0.2) is 70.5 Å². The molecule has 0 aliphatic rings. The summed E-state index contributed by atoms with van der Waals surface area (Å²) < 4.78 is 27.2. The molecule has 0 unspecified atom stereocenters. The van der Waals surface area contributed by atoms with Crippen molar-refractivity contribution in [2.75, 3.05) is 4.72 Å². The van der Waals surface area contributed by atoms with E-state index >= 15 is 0 Å². The molecule has 0 atom stereocenters. The second kappa shape index (κ2) is 5.67. The third-order valence-corrected chi connectivity index (χ3v) is 5.64. The lowest BCUT2D eigenvalue weighted by Crippen LogP contribution is -2.11. The summed E-state index contributed by atoms with van der Waals surface area (Å²) in [7, 11) is -3.54. The van der Waals surface area contributed by atoms with E-state index in [1.165, 1.54) is 17.5 Å². The van der Waals surface area contributed by atoms with Crippen LogP contribution in [0, 0.1) is 0 Å². The Balaban J connectivity index is 1.91. The van der Waals surface area contributed by atoms with Crippen LogP contribution in [0.5, 0.6) is 0 Å². The van der Waals surface area contributed by atoms with E-state index in [-0.39, 0.29) is 4.21 Å². The molecule has 6 heteroatoms. The Morgan fingerprint density at radius 3 is 2.48 bits per heavy atom. The fourth-order valence-corrected chi connectivity index (χ4v) is 3.93. The van der Waals surface area contributed by atoms with Gasteiger partial charge in [0.05, 0.1) is 11.9 Å². The minimum Gasteiger partial charge on any atom is -0.277 e. The maximum Gasteiger partial charge on any atom is 0.271 e. The van der Waals surface area contributed by atoms with Crippen molar-refractivity contribution < 1.29 is 8.42 Å². The number of pyridine rings is 1. The molecule has 0 aliphatic carbocycles. The van der Waals surface area contributed by atoms with Gasteiger partial charge in [-0.25, -0.2) is 8.42 Å². The fraction of sp³-hybridized carbons (Fsp3) is 0. The number of nitrogens with zero attached hydrogens (tertiary/aromatic N) is 1. The first-order valence-corrected chi connectivity index (χ1v) is 8.58. The molecule has 106 valence electrons. The van der Waals surface area contributed by atoms with E-state index in [2.05, 4.69) is 9.71 Å². The van der Waals surface area contributed by atoms with Gasteiger partial charge in [-0.1, -0.05) is 36.4 Å². The highest BCUT2D eigenvalue weighted by Gasteiger charge is 2.15. The first-order chi connectivity index (χ1) is 10.1. The van der Waals surface area contributed by atoms with Gasteiger partial charge in [-0.15, -0.1) is 11.3 Å². The van der Waals surface area contributed by atoms with Crippen molar-refractivity contribution in [2.45, 2.75) is 4.21 Å². The van der Waals surface area contributed by atoms with Crippen molar-refractivity contribution >= 4 is 27.0 Å². The van der Waals surface area contributed by atoms with Crippen molar-refractivity contribution in [3.63, 3.8) is 0 Å². The third kappa shape index (κ3) is 3.12. The number of hydrogen-bond acceptors (Lipinski definition) is 4. The number of aromatic nitrogens is 1. The van der Waals surface area contributed by atoms with Gasteiger partial charge in [0.2, 0.25) is 0 Å². The molecule has 4 nitrogen and oxygen atoms in total. The molecule has 0 aliphatic heterocycles. The van der Waals surface area contributed by atoms with E-state index in [0.717, 1.165) is 11.1 Å². The largest absolute Gasteiger partial charge is 0.277 e. The Kier molecular flexibility index (Phi) is 3.72. The Morgan fingerprint density at radius 1 is 0.952 bits per heavy atom. The second-order valence-electron chi connectivity index (χ2n) is 4.37. The Labute approximate surface area is 127 Å². The monoisotopic (exact) mass is 316 g/mol. The zero-order valence-electron chi connectivity index (χ0n) is 10.9. The van der Waals surface area contributed by atoms with Crippen molar-refractivity contribution in [1.29, 1.82) is 0 Å². The molecule has 0 bridgehead atoms. The van der Waals surface area contributed by atoms with Crippen LogP contribution in [0.1, 0.15) is 0 Å². The van der Waals surface area contributed by atoms with Gasteiger partial charge < -0.3 is 0 Å². The zero-order valence-corrected chi connectivity index (χ0v) is 12.6.